The molecule has 2 rings (SSSR count). The van der Waals surface area contributed by atoms with Crippen molar-refractivity contribution >= 4 is 12.0 Å². The molecule has 1 unspecified atom stereocenters. The number of aliphatic hydroxyl groups is 1. The lowest BCUT2D eigenvalue weighted by atomic mass is 9.97. The molecule has 0 saturated carbocycles. The molecular formula is C22H35N3O5. The smallest absolute Gasteiger partial charge is 0.408 e. The number of alkyl carbamates (subject to hydrolysis) is 1. The summed E-state index contributed by atoms with van der Waals surface area (Å²) in [6.45, 7) is 5.21. The van der Waals surface area contributed by atoms with Crippen LogP contribution in [0.1, 0.15) is 38.7 Å². The van der Waals surface area contributed by atoms with Gasteiger partial charge in [-0.25, -0.2) is 4.79 Å². The molecular weight excluding hydrogens is 386 g/mol. The molecule has 4 atom stereocenters. The SMILES string of the molecule is COC[C@H](C[C@@H]1CCNC1O)NC(=O)[C@H](CC(C)C)NC(=O)OCc1ccccc1. The number of nitrogens with one attached hydrogen (secondary N) is 3. The minimum absolute atomic E-state index is 0.0535. The number of carbonyl (C=O) groups is 2. The summed E-state index contributed by atoms with van der Waals surface area (Å²) in [6.07, 6.45) is 0.730. The number of carbonyl (C=O) groups excluding carboxylic acids is 2. The highest BCUT2D eigenvalue weighted by atomic mass is 16.5. The summed E-state index contributed by atoms with van der Waals surface area (Å²) in [5.41, 5.74) is 0.876. The van der Waals surface area contributed by atoms with Crippen molar-refractivity contribution in [3.05, 3.63) is 35.9 Å². The van der Waals surface area contributed by atoms with Crippen molar-refractivity contribution in [3.63, 3.8) is 0 Å². The summed E-state index contributed by atoms with van der Waals surface area (Å²) in [4.78, 5) is 25.2. The van der Waals surface area contributed by atoms with Gasteiger partial charge in [0.25, 0.3) is 0 Å². The van der Waals surface area contributed by atoms with E-state index in [0.717, 1.165) is 18.5 Å². The Balaban J connectivity index is 1.92. The number of benzene rings is 1. The average molecular weight is 422 g/mol. The van der Waals surface area contributed by atoms with Crippen LogP contribution in [0, 0.1) is 11.8 Å². The number of hydrogen-bond acceptors (Lipinski definition) is 6. The number of ether oxygens (including phenoxy) is 2. The Kier molecular flexibility index (Phi) is 10.1. The summed E-state index contributed by atoms with van der Waals surface area (Å²) in [7, 11) is 1.58. The normalized spacial score (nSPS) is 20.6. The minimum Gasteiger partial charge on any atom is -0.445 e. The Labute approximate surface area is 178 Å². The lowest BCUT2D eigenvalue weighted by molar-refractivity contribution is -0.124. The van der Waals surface area contributed by atoms with Crippen LogP contribution in [0.4, 0.5) is 4.79 Å². The number of amides is 2. The molecule has 8 nitrogen and oxygen atoms in total. The maximum atomic E-state index is 12.9. The van der Waals surface area contributed by atoms with Crippen LogP contribution in [0.5, 0.6) is 0 Å². The second kappa shape index (κ2) is 12.5. The van der Waals surface area contributed by atoms with Gasteiger partial charge >= 0.3 is 6.09 Å². The Bertz CT molecular complexity index is 655. The molecule has 8 heteroatoms. The maximum absolute atomic E-state index is 12.9. The first kappa shape index (κ1) is 24.1. The van der Waals surface area contributed by atoms with Crippen LogP contribution in [-0.2, 0) is 20.9 Å². The first-order chi connectivity index (χ1) is 14.4. The fourth-order valence-electron chi connectivity index (χ4n) is 3.63. The van der Waals surface area contributed by atoms with Gasteiger partial charge in [-0.1, -0.05) is 44.2 Å². The molecule has 1 heterocycles. The van der Waals surface area contributed by atoms with Gasteiger partial charge < -0.3 is 25.2 Å². The molecule has 4 N–H and O–H groups in total. The quantitative estimate of drug-likeness (QED) is 0.434. The molecule has 0 aromatic heterocycles. The van der Waals surface area contributed by atoms with Gasteiger partial charge in [0.15, 0.2) is 0 Å². The summed E-state index contributed by atoms with van der Waals surface area (Å²) in [6, 6.07) is 8.42. The monoisotopic (exact) mass is 421 g/mol. The highest BCUT2D eigenvalue weighted by Gasteiger charge is 2.30. The van der Waals surface area contributed by atoms with E-state index < -0.39 is 18.4 Å². The van der Waals surface area contributed by atoms with Gasteiger partial charge in [-0.05, 0) is 37.3 Å². The Morgan fingerprint density at radius 2 is 1.97 bits per heavy atom. The van der Waals surface area contributed by atoms with Gasteiger partial charge in [-0.2, -0.15) is 0 Å². The molecule has 168 valence electrons. The largest absolute Gasteiger partial charge is 0.445 e. The predicted molar refractivity (Wildman–Crippen MR) is 114 cm³/mol. The molecule has 1 aliphatic rings. The fourth-order valence-corrected chi connectivity index (χ4v) is 3.63. The molecule has 1 aromatic carbocycles. The number of hydrogen-bond donors (Lipinski definition) is 4. The number of rotatable bonds is 11. The first-order valence-electron chi connectivity index (χ1n) is 10.6. The predicted octanol–water partition coefficient (Wildman–Crippen LogP) is 1.78. The number of methoxy groups -OCH3 is 1. The highest BCUT2D eigenvalue weighted by Crippen LogP contribution is 2.20. The lowest BCUT2D eigenvalue weighted by Crippen LogP contribution is -2.51. The standard InChI is InChI=1S/C22H35N3O5/c1-15(2)11-19(25-22(28)30-13-16-7-5-4-6-8-16)21(27)24-18(14-29-3)12-17-9-10-23-20(17)26/h4-8,15,17-20,23,26H,9-14H2,1-3H3,(H,24,27)(H,25,28)/t17-,18-,19-,20?/m0/s1. The molecule has 1 aromatic rings. The van der Waals surface area contributed by atoms with E-state index >= 15 is 0 Å². The highest BCUT2D eigenvalue weighted by molar-refractivity contribution is 5.85. The Morgan fingerprint density at radius 3 is 2.57 bits per heavy atom. The van der Waals surface area contributed by atoms with Gasteiger partial charge in [-0.15, -0.1) is 0 Å². The van der Waals surface area contributed by atoms with Crippen LogP contribution in [0.25, 0.3) is 0 Å². The third-order valence-corrected chi connectivity index (χ3v) is 5.15. The topological polar surface area (TPSA) is 109 Å². The van der Waals surface area contributed by atoms with Crippen molar-refractivity contribution in [2.75, 3.05) is 20.3 Å². The zero-order valence-corrected chi connectivity index (χ0v) is 18.1. The molecule has 0 spiro atoms. The zero-order valence-electron chi connectivity index (χ0n) is 18.1. The van der Waals surface area contributed by atoms with E-state index in [-0.39, 0.29) is 30.4 Å². The third-order valence-electron chi connectivity index (χ3n) is 5.15. The van der Waals surface area contributed by atoms with Crippen molar-refractivity contribution in [1.29, 1.82) is 0 Å². The van der Waals surface area contributed by atoms with Crippen LogP contribution < -0.4 is 16.0 Å². The summed E-state index contributed by atoms with van der Waals surface area (Å²) >= 11 is 0. The molecule has 30 heavy (non-hydrogen) atoms. The summed E-state index contributed by atoms with van der Waals surface area (Å²) in [5, 5.41) is 18.7. The van der Waals surface area contributed by atoms with Crippen LogP contribution in [-0.4, -0.2) is 55.7 Å². The van der Waals surface area contributed by atoms with Crippen molar-refractivity contribution in [2.24, 2.45) is 11.8 Å². The van der Waals surface area contributed by atoms with Crippen molar-refractivity contribution in [1.82, 2.24) is 16.0 Å². The molecule has 2 amide bonds. The van der Waals surface area contributed by atoms with Crippen LogP contribution in [0.15, 0.2) is 30.3 Å². The van der Waals surface area contributed by atoms with E-state index in [0.29, 0.717) is 19.4 Å². The average Bonchev–Trinajstić information content (AvgIpc) is 3.11. The summed E-state index contributed by atoms with van der Waals surface area (Å²) < 4.78 is 10.5. The molecule has 1 fully saturated rings. The lowest BCUT2D eigenvalue weighted by Gasteiger charge is -2.26. The van der Waals surface area contributed by atoms with Gasteiger partial charge in [-0.3, -0.25) is 10.1 Å². The minimum atomic E-state index is -0.709. The zero-order chi connectivity index (χ0) is 21.9. The van der Waals surface area contributed by atoms with Gasteiger partial charge in [0.05, 0.1) is 12.6 Å². The van der Waals surface area contributed by atoms with E-state index in [1.54, 1.807) is 7.11 Å². The van der Waals surface area contributed by atoms with Crippen LogP contribution in [0.3, 0.4) is 0 Å². The first-order valence-corrected chi connectivity index (χ1v) is 10.6. The molecule has 1 aliphatic heterocycles. The van der Waals surface area contributed by atoms with Crippen molar-refractivity contribution in [2.45, 2.75) is 58.0 Å². The second-order valence-electron chi connectivity index (χ2n) is 8.23. The molecule has 0 bridgehead atoms. The third kappa shape index (κ3) is 8.30. The van der Waals surface area contributed by atoms with E-state index in [2.05, 4.69) is 16.0 Å². The van der Waals surface area contributed by atoms with E-state index in [1.165, 1.54) is 0 Å². The van der Waals surface area contributed by atoms with Crippen LogP contribution >= 0.6 is 0 Å². The van der Waals surface area contributed by atoms with Gasteiger partial charge in [0, 0.05) is 13.0 Å². The van der Waals surface area contributed by atoms with E-state index in [1.807, 2.05) is 44.2 Å². The Hall–Kier alpha value is -2.16. The Morgan fingerprint density at radius 1 is 1.23 bits per heavy atom. The molecule has 1 saturated heterocycles. The maximum Gasteiger partial charge on any atom is 0.408 e. The van der Waals surface area contributed by atoms with Gasteiger partial charge in [0.2, 0.25) is 5.91 Å². The fraction of sp³-hybridized carbons (Fsp3) is 0.636. The van der Waals surface area contributed by atoms with E-state index in [9.17, 15) is 14.7 Å². The van der Waals surface area contributed by atoms with E-state index in [4.69, 9.17) is 9.47 Å². The van der Waals surface area contributed by atoms with Crippen LogP contribution in [0.2, 0.25) is 0 Å². The summed E-state index contributed by atoms with van der Waals surface area (Å²) in [5.74, 6) is -0.0162. The van der Waals surface area contributed by atoms with Crippen molar-refractivity contribution < 1.29 is 24.2 Å². The van der Waals surface area contributed by atoms with Crippen molar-refractivity contribution in [3.8, 4) is 0 Å². The van der Waals surface area contributed by atoms with Gasteiger partial charge in [0.1, 0.15) is 18.9 Å². The molecule has 0 radical (unpaired) electrons. The number of aliphatic hydroxyl groups excluding tert-OH is 1. The molecule has 0 aliphatic carbocycles. The second-order valence-corrected chi connectivity index (χ2v) is 8.23.